The summed E-state index contributed by atoms with van der Waals surface area (Å²) in [6.45, 7) is 1.85. The van der Waals surface area contributed by atoms with Gasteiger partial charge in [0.25, 0.3) is 0 Å². The molecule has 2 aromatic heterocycles. The smallest absolute Gasteiger partial charge is 0.303 e. The predicted octanol–water partition coefficient (Wildman–Crippen LogP) is 2.45. The third kappa shape index (κ3) is 3.13. The molecule has 0 aliphatic rings. The fourth-order valence-corrected chi connectivity index (χ4v) is 2.14. The van der Waals surface area contributed by atoms with Crippen molar-refractivity contribution in [3.8, 4) is 11.5 Å². The zero-order valence-corrected chi connectivity index (χ0v) is 10.1. The van der Waals surface area contributed by atoms with Gasteiger partial charge in [0.15, 0.2) is 0 Å². The summed E-state index contributed by atoms with van der Waals surface area (Å²) in [4.78, 5) is 10.5. The van der Waals surface area contributed by atoms with Gasteiger partial charge in [-0.25, -0.2) is 0 Å². The number of rotatable bonds is 5. The Morgan fingerprint density at radius 2 is 2.41 bits per heavy atom. The van der Waals surface area contributed by atoms with Crippen LogP contribution in [-0.2, 0) is 11.2 Å². The summed E-state index contributed by atoms with van der Waals surface area (Å²) in [7, 11) is 0. The quantitative estimate of drug-likeness (QED) is 0.884. The fourth-order valence-electron chi connectivity index (χ4n) is 1.51. The highest BCUT2D eigenvalue weighted by Gasteiger charge is 2.14. The van der Waals surface area contributed by atoms with E-state index < -0.39 is 5.97 Å². The molecule has 1 atom stereocenters. The van der Waals surface area contributed by atoms with Crippen LogP contribution >= 0.6 is 11.3 Å². The number of aromatic nitrogens is 2. The summed E-state index contributed by atoms with van der Waals surface area (Å²) < 4.78 is 5.47. The van der Waals surface area contributed by atoms with Gasteiger partial charge in [-0.15, -0.1) is 10.2 Å². The van der Waals surface area contributed by atoms with Gasteiger partial charge in [-0.3, -0.25) is 4.79 Å². The molecule has 0 amide bonds. The Morgan fingerprint density at radius 1 is 1.59 bits per heavy atom. The topological polar surface area (TPSA) is 76.2 Å². The Balaban J connectivity index is 2.01. The molecule has 0 aromatic carbocycles. The minimum absolute atomic E-state index is 0.0109. The van der Waals surface area contributed by atoms with Crippen molar-refractivity contribution >= 4 is 17.3 Å². The Labute approximate surface area is 102 Å². The van der Waals surface area contributed by atoms with E-state index in [1.807, 2.05) is 23.8 Å². The molecule has 0 spiro atoms. The number of thiophene rings is 1. The molecule has 0 bridgehead atoms. The number of aliphatic carboxylic acids is 1. The summed E-state index contributed by atoms with van der Waals surface area (Å²) in [5, 5.41) is 20.4. The lowest BCUT2D eigenvalue weighted by molar-refractivity contribution is -0.137. The highest BCUT2D eigenvalue weighted by molar-refractivity contribution is 7.08. The van der Waals surface area contributed by atoms with Crippen molar-refractivity contribution in [2.24, 2.45) is 5.92 Å². The van der Waals surface area contributed by atoms with Crippen LogP contribution in [0.4, 0.5) is 0 Å². The van der Waals surface area contributed by atoms with Crippen molar-refractivity contribution in [2.75, 3.05) is 0 Å². The van der Waals surface area contributed by atoms with Gasteiger partial charge in [0.1, 0.15) is 0 Å². The molecule has 5 nitrogen and oxygen atoms in total. The van der Waals surface area contributed by atoms with E-state index in [1.54, 1.807) is 11.3 Å². The zero-order valence-electron chi connectivity index (χ0n) is 9.29. The van der Waals surface area contributed by atoms with E-state index >= 15 is 0 Å². The molecule has 0 fully saturated rings. The monoisotopic (exact) mass is 252 g/mol. The molecule has 0 aliphatic heterocycles. The first-order valence-corrected chi connectivity index (χ1v) is 6.16. The first-order chi connectivity index (χ1) is 8.15. The Hall–Kier alpha value is -1.69. The molecule has 1 N–H and O–H groups in total. The van der Waals surface area contributed by atoms with Crippen molar-refractivity contribution in [1.29, 1.82) is 0 Å². The normalized spacial score (nSPS) is 12.5. The van der Waals surface area contributed by atoms with Gasteiger partial charge in [-0.1, -0.05) is 6.92 Å². The van der Waals surface area contributed by atoms with Gasteiger partial charge in [0.2, 0.25) is 11.8 Å². The Morgan fingerprint density at radius 3 is 3.06 bits per heavy atom. The van der Waals surface area contributed by atoms with E-state index in [4.69, 9.17) is 9.52 Å². The molecule has 90 valence electrons. The number of carboxylic acids is 1. The number of hydrogen-bond donors (Lipinski definition) is 1. The van der Waals surface area contributed by atoms with Crippen LogP contribution in [0.5, 0.6) is 0 Å². The fraction of sp³-hybridized carbons (Fsp3) is 0.364. The number of nitrogens with zero attached hydrogens (tertiary/aromatic N) is 2. The van der Waals surface area contributed by atoms with Crippen LogP contribution in [0, 0.1) is 5.92 Å². The molecule has 0 saturated carbocycles. The maximum atomic E-state index is 10.5. The average molecular weight is 252 g/mol. The van der Waals surface area contributed by atoms with Gasteiger partial charge in [-0.05, 0) is 17.4 Å². The van der Waals surface area contributed by atoms with Gasteiger partial charge in [0.05, 0.1) is 0 Å². The standard InChI is InChI=1S/C11H12N2O3S/c1-7(5-10(14)15)4-9-12-13-11(16-9)8-2-3-17-6-8/h2-3,6-7H,4-5H2,1H3,(H,14,15). The highest BCUT2D eigenvalue weighted by Crippen LogP contribution is 2.21. The summed E-state index contributed by atoms with van der Waals surface area (Å²) in [5.74, 6) is 0.155. The zero-order chi connectivity index (χ0) is 12.3. The lowest BCUT2D eigenvalue weighted by atomic mass is 10.0. The first-order valence-electron chi connectivity index (χ1n) is 5.22. The van der Waals surface area contributed by atoms with Crippen molar-refractivity contribution in [3.05, 3.63) is 22.7 Å². The largest absolute Gasteiger partial charge is 0.481 e. The highest BCUT2D eigenvalue weighted by atomic mass is 32.1. The molecule has 17 heavy (non-hydrogen) atoms. The van der Waals surface area contributed by atoms with Crippen LogP contribution < -0.4 is 0 Å². The molecule has 0 aliphatic carbocycles. The predicted molar refractivity (Wildman–Crippen MR) is 62.7 cm³/mol. The van der Waals surface area contributed by atoms with Crippen molar-refractivity contribution in [2.45, 2.75) is 19.8 Å². The summed E-state index contributed by atoms with van der Waals surface area (Å²) in [5.41, 5.74) is 0.902. The van der Waals surface area contributed by atoms with E-state index in [2.05, 4.69) is 10.2 Å². The molecule has 1 unspecified atom stereocenters. The molecular formula is C11H12N2O3S. The number of carbonyl (C=O) groups is 1. The lowest BCUT2D eigenvalue weighted by Crippen LogP contribution is -2.07. The molecule has 2 aromatic rings. The third-order valence-electron chi connectivity index (χ3n) is 2.28. The van der Waals surface area contributed by atoms with Gasteiger partial charge < -0.3 is 9.52 Å². The third-order valence-corrected chi connectivity index (χ3v) is 2.96. The average Bonchev–Trinajstić information content (AvgIpc) is 2.84. The van der Waals surface area contributed by atoms with E-state index in [1.165, 1.54) is 0 Å². The van der Waals surface area contributed by atoms with E-state index in [-0.39, 0.29) is 12.3 Å². The van der Waals surface area contributed by atoms with Crippen molar-refractivity contribution in [3.63, 3.8) is 0 Å². The molecular weight excluding hydrogens is 240 g/mol. The van der Waals surface area contributed by atoms with Crippen LogP contribution in [0.25, 0.3) is 11.5 Å². The Bertz CT molecular complexity index is 493. The van der Waals surface area contributed by atoms with E-state index in [0.717, 1.165) is 5.56 Å². The second kappa shape index (κ2) is 5.09. The molecule has 2 rings (SSSR count). The van der Waals surface area contributed by atoms with Crippen LogP contribution in [-0.4, -0.2) is 21.3 Å². The molecule has 0 radical (unpaired) electrons. The Kier molecular flexibility index (Phi) is 3.53. The summed E-state index contributed by atoms with van der Waals surface area (Å²) in [6.07, 6.45) is 0.597. The van der Waals surface area contributed by atoms with Crippen LogP contribution in [0.1, 0.15) is 19.2 Å². The second-order valence-corrected chi connectivity index (χ2v) is 4.70. The molecule has 0 saturated heterocycles. The van der Waals surface area contributed by atoms with Crippen LogP contribution in [0.15, 0.2) is 21.2 Å². The van der Waals surface area contributed by atoms with Crippen molar-refractivity contribution in [1.82, 2.24) is 10.2 Å². The molecule has 6 heteroatoms. The van der Waals surface area contributed by atoms with Gasteiger partial charge in [-0.2, -0.15) is 11.3 Å². The molecule has 2 heterocycles. The maximum absolute atomic E-state index is 10.5. The van der Waals surface area contributed by atoms with Crippen LogP contribution in [0.3, 0.4) is 0 Å². The lowest BCUT2D eigenvalue weighted by Gasteiger charge is -2.03. The minimum Gasteiger partial charge on any atom is -0.481 e. The number of carboxylic acid groups (broad SMARTS) is 1. The van der Waals surface area contributed by atoms with Crippen molar-refractivity contribution < 1.29 is 14.3 Å². The maximum Gasteiger partial charge on any atom is 0.303 e. The van der Waals surface area contributed by atoms with Gasteiger partial charge in [0, 0.05) is 23.8 Å². The first kappa shape index (κ1) is 11.8. The van der Waals surface area contributed by atoms with E-state index in [9.17, 15) is 4.79 Å². The minimum atomic E-state index is -0.810. The van der Waals surface area contributed by atoms with Gasteiger partial charge >= 0.3 is 5.97 Å². The summed E-state index contributed by atoms with van der Waals surface area (Å²) >= 11 is 1.56. The second-order valence-electron chi connectivity index (χ2n) is 3.92. The SMILES string of the molecule is CC(CC(=O)O)Cc1nnc(-c2ccsc2)o1. The van der Waals surface area contributed by atoms with E-state index in [0.29, 0.717) is 18.2 Å². The summed E-state index contributed by atoms with van der Waals surface area (Å²) in [6, 6.07) is 1.91. The number of hydrogen-bond acceptors (Lipinski definition) is 5. The van der Waals surface area contributed by atoms with Crippen LogP contribution in [0.2, 0.25) is 0 Å².